The van der Waals surface area contributed by atoms with Crippen LogP contribution in [0.5, 0.6) is 0 Å². The number of pyridine rings is 1. The molecule has 21 heavy (non-hydrogen) atoms. The van der Waals surface area contributed by atoms with Crippen LogP contribution in [0.3, 0.4) is 0 Å². The molecule has 2 rings (SSSR count). The third-order valence-electron chi connectivity index (χ3n) is 3.13. The van der Waals surface area contributed by atoms with E-state index in [1.807, 2.05) is 37.3 Å². The summed E-state index contributed by atoms with van der Waals surface area (Å²) in [4.78, 5) is 16.2. The first kappa shape index (κ1) is 16.0. The third-order valence-corrected chi connectivity index (χ3v) is 5.44. The highest BCUT2D eigenvalue weighted by Gasteiger charge is 2.10. The minimum atomic E-state index is -0.919. The Morgan fingerprint density at radius 2 is 2.14 bits per heavy atom. The van der Waals surface area contributed by atoms with Gasteiger partial charge in [-0.2, -0.15) is 0 Å². The van der Waals surface area contributed by atoms with Gasteiger partial charge in [0.2, 0.25) is 5.91 Å². The van der Waals surface area contributed by atoms with Crippen molar-refractivity contribution in [2.24, 2.45) is 0 Å². The monoisotopic (exact) mass is 322 g/mol. The van der Waals surface area contributed by atoms with E-state index in [2.05, 4.69) is 10.3 Å². The lowest BCUT2D eigenvalue weighted by Gasteiger charge is -2.10. The molecule has 0 aliphatic rings. The Balaban J connectivity index is 1.93. The summed E-state index contributed by atoms with van der Waals surface area (Å²) in [5.74, 6) is 0.247. The van der Waals surface area contributed by atoms with E-state index in [4.69, 9.17) is 0 Å². The molecule has 4 nitrogen and oxygen atoms in total. The van der Waals surface area contributed by atoms with Gasteiger partial charge in [-0.1, -0.05) is 36.0 Å². The van der Waals surface area contributed by atoms with Crippen molar-refractivity contribution in [2.45, 2.75) is 17.2 Å². The molecule has 112 valence electrons. The minimum absolute atomic E-state index is 0.0327. The number of rotatable bonds is 6. The van der Waals surface area contributed by atoms with Crippen LogP contribution < -0.4 is 5.32 Å². The third kappa shape index (κ3) is 4.54. The summed E-state index contributed by atoms with van der Waals surface area (Å²) in [5, 5.41) is 5.80. The Hall–Kier alpha value is -1.40. The Morgan fingerprint density at radius 3 is 2.90 bits per heavy atom. The number of amides is 1. The lowest BCUT2D eigenvalue weighted by atomic mass is 10.2. The molecule has 0 fully saturated rings. The maximum absolute atomic E-state index is 11.8. The largest absolute Gasteiger partial charge is 0.354 e. The molecule has 2 atom stereocenters. The number of nitrogens with one attached hydrogen (secondary N) is 1. The van der Waals surface area contributed by atoms with Crippen LogP contribution in [0.2, 0.25) is 0 Å². The summed E-state index contributed by atoms with van der Waals surface area (Å²) < 4.78 is 11.2. The standard InChI is InChI=1S/C15H18N2O2S2/c1-11(21(2)19)9-17-14(18)10-20-15-13-6-4-3-5-12(13)7-8-16-15/h3-8,11H,9-10H2,1-2H3,(H,17,18)/t11-,21+/m0/s1. The molecule has 0 saturated carbocycles. The van der Waals surface area contributed by atoms with Gasteiger partial charge in [-0.05, 0) is 18.4 Å². The molecule has 1 N–H and O–H groups in total. The molecule has 6 heteroatoms. The van der Waals surface area contributed by atoms with Gasteiger partial charge in [0.15, 0.2) is 0 Å². The quantitative estimate of drug-likeness (QED) is 0.829. The topological polar surface area (TPSA) is 59.1 Å². The van der Waals surface area contributed by atoms with Gasteiger partial charge in [-0.25, -0.2) is 4.98 Å². The lowest BCUT2D eigenvalue weighted by molar-refractivity contribution is -0.118. The van der Waals surface area contributed by atoms with Gasteiger partial charge in [0.25, 0.3) is 0 Å². The number of carbonyl (C=O) groups excluding carboxylic acids is 1. The van der Waals surface area contributed by atoms with Crippen molar-refractivity contribution in [1.82, 2.24) is 10.3 Å². The molecule has 0 unspecified atom stereocenters. The van der Waals surface area contributed by atoms with E-state index in [1.54, 1.807) is 12.5 Å². The lowest BCUT2D eigenvalue weighted by Crippen LogP contribution is -2.33. The zero-order chi connectivity index (χ0) is 15.2. The number of carbonyl (C=O) groups is 1. The second-order valence-electron chi connectivity index (χ2n) is 4.74. The molecule has 1 heterocycles. The van der Waals surface area contributed by atoms with Crippen molar-refractivity contribution in [1.29, 1.82) is 0 Å². The van der Waals surface area contributed by atoms with E-state index in [1.165, 1.54) is 11.8 Å². The Bertz CT molecular complexity index is 656. The van der Waals surface area contributed by atoms with Crippen LogP contribution in [-0.4, -0.2) is 38.9 Å². The highest BCUT2D eigenvalue weighted by molar-refractivity contribution is 8.00. The summed E-state index contributed by atoms with van der Waals surface area (Å²) in [6, 6.07) is 9.93. The molecule has 1 aromatic heterocycles. The smallest absolute Gasteiger partial charge is 0.230 e. The van der Waals surface area contributed by atoms with Gasteiger partial charge in [0, 0.05) is 40.4 Å². The van der Waals surface area contributed by atoms with Crippen LogP contribution in [0.1, 0.15) is 6.92 Å². The first-order valence-corrected chi connectivity index (χ1v) is 9.24. The Morgan fingerprint density at radius 1 is 1.38 bits per heavy atom. The van der Waals surface area contributed by atoms with Crippen LogP contribution in [-0.2, 0) is 15.6 Å². The summed E-state index contributed by atoms with van der Waals surface area (Å²) >= 11 is 1.42. The van der Waals surface area contributed by atoms with Crippen molar-refractivity contribution < 1.29 is 9.00 Å². The first-order valence-electron chi connectivity index (χ1n) is 6.63. The highest BCUT2D eigenvalue weighted by Crippen LogP contribution is 2.25. The van der Waals surface area contributed by atoms with Crippen LogP contribution in [0.4, 0.5) is 0 Å². The van der Waals surface area contributed by atoms with Crippen LogP contribution in [0.25, 0.3) is 10.8 Å². The second kappa shape index (κ2) is 7.56. The number of aromatic nitrogens is 1. The van der Waals surface area contributed by atoms with Gasteiger partial charge >= 0.3 is 0 Å². The van der Waals surface area contributed by atoms with Crippen molar-refractivity contribution >= 4 is 39.2 Å². The SMILES string of the molecule is C[C@@H](CNC(=O)CSc1nccc2ccccc12)[S@@](C)=O. The highest BCUT2D eigenvalue weighted by atomic mass is 32.2. The fourth-order valence-electron chi connectivity index (χ4n) is 1.77. The average molecular weight is 322 g/mol. The summed E-state index contributed by atoms with van der Waals surface area (Å²) in [6.45, 7) is 2.29. The number of hydrogen-bond acceptors (Lipinski definition) is 4. The van der Waals surface area contributed by atoms with Crippen molar-refractivity contribution in [3.05, 3.63) is 36.5 Å². The van der Waals surface area contributed by atoms with Crippen molar-refractivity contribution in [3.63, 3.8) is 0 Å². The Labute approximate surface area is 131 Å². The molecule has 1 amide bonds. The van der Waals surface area contributed by atoms with Crippen LogP contribution >= 0.6 is 11.8 Å². The zero-order valence-electron chi connectivity index (χ0n) is 12.0. The number of fused-ring (bicyclic) bond motifs is 1. The minimum Gasteiger partial charge on any atom is -0.354 e. The second-order valence-corrected chi connectivity index (χ2v) is 7.51. The first-order chi connectivity index (χ1) is 10.1. The number of thioether (sulfide) groups is 1. The predicted molar refractivity (Wildman–Crippen MR) is 89.0 cm³/mol. The number of hydrogen-bond donors (Lipinski definition) is 1. The molecular weight excluding hydrogens is 304 g/mol. The van der Waals surface area contributed by atoms with E-state index in [9.17, 15) is 9.00 Å². The molecule has 0 aliphatic carbocycles. The van der Waals surface area contributed by atoms with Gasteiger partial charge in [0.05, 0.1) is 5.75 Å². The summed E-state index contributed by atoms with van der Waals surface area (Å²) in [6.07, 6.45) is 3.40. The fraction of sp³-hybridized carbons (Fsp3) is 0.333. The van der Waals surface area contributed by atoms with E-state index < -0.39 is 10.8 Å². The average Bonchev–Trinajstić information content (AvgIpc) is 2.50. The fourth-order valence-corrected chi connectivity index (χ4v) is 2.93. The molecule has 1 aromatic carbocycles. The van der Waals surface area contributed by atoms with E-state index >= 15 is 0 Å². The van der Waals surface area contributed by atoms with Crippen LogP contribution in [0.15, 0.2) is 41.6 Å². The maximum Gasteiger partial charge on any atom is 0.230 e. The van der Waals surface area contributed by atoms with Crippen molar-refractivity contribution in [3.8, 4) is 0 Å². The zero-order valence-corrected chi connectivity index (χ0v) is 13.7. The summed E-state index contributed by atoms with van der Waals surface area (Å²) in [7, 11) is -0.919. The van der Waals surface area contributed by atoms with E-state index in [0.717, 1.165) is 15.8 Å². The van der Waals surface area contributed by atoms with E-state index in [-0.39, 0.29) is 11.2 Å². The van der Waals surface area contributed by atoms with Gasteiger partial charge < -0.3 is 5.32 Å². The molecule has 0 aliphatic heterocycles. The van der Waals surface area contributed by atoms with Crippen LogP contribution in [0, 0.1) is 0 Å². The maximum atomic E-state index is 11.8. The number of nitrogens with zero attached hydrogens (tertiary/aromatic N) is 1. The molecule has 0 saturated heterocycles. The molecule has 0 bridgehead atoms. The van der Waals surface area contributed by atoms with Gasteiger partial charge in [-0.3, -0.25) is 9.00 Å². The molecular formula is C15H18N2O2S2. The van der Waals surface area contributed by atoms with Gasteiger partial charge in [-0.15, -0.1) is 0 Å². The molecule has 0 radical (unpaired) electrons. The molecule has 2 aromatic rings. The van der Waals surface area contributed by atoms with E-state index in [0.29, 0.717) is 12.3 Å². The van der Waals surface area contributed by atoms with Crippen molar-refractivity contribution in [2.75, 3.05) is 18.6 Å². The van der Waals surface area contributed by atoms with Gasteiger partial charge in [0.1, 0.15) is 5.03 Å². The molecule has 0 spiro atoms. The predicted octanol–water partition coefficient (Wildman–Crippen LogP) is 2.21. The summed E-state index contributed by atoms with van der Waals surface area (Å²) in [5.41, 5.74) is 0. The number of benzene rings is 1. The normalized spacial score (nSPS) is 13.8. The Kier molecular flexibility index (Phi) is 5.76.